The smallest absolute Gasteiger partial charge is 0.326 e. The van der Waals surface area contributed by atoms with Gasteiger partial charge < -0.3 is 31.5 Å². The fraction of sp³-hybridized carbons (Fsp3) is 0.524. The van der Waals surface area contributed by atoms with Crippen molar-refractivity contribution in [3.05, 3.63) is 29.8 Å². The number of nitrogens with zero attached hydrogens (tertiary/aromatic N) is 1. The van der Waals surface area contributed by atoms with Crippen molar-refractivity contribution in [2.24, 2.45) is 11.7 Å². The molecule has 3 amide bonds. The molecular weight excluding hydrogens is 404 g/mol. The van der Waals surface area contributed by atoms with Gasteiger partial charge in [0.2, 0.25) is 17.7 Å². The third kappa shape index (κ3) is 6.42. The van der Waals surface area contributed by atoms with E-state index < -0.39 is 41.8 Å². The van der Waals surface area contributed by atoms with Gasteiger partial charge in [-0.15, -0.1) is 0 Å². The van der Waals surface area contributed by atoms with Crippen LogP contribution in [0.15, 0.2) is 24.3 Å². The first-order valence-electron chi connectivity index (χ1n) is 10.2. The second-order valence-corrected chi connectivity index (χ2v) is 7.95. The van der Waals surface area contributed by atoms with Gasteiger partial charge in [0.05, 0.1) is 6.54 Å². The monoisotopic (exact) mass is 434 g/mol. The van der Waals surface area contributed by atoms with Crippen molar-refractivity contribution in [1.29, 1.82) is 0 Å². The Balaban J connectivity index is 2.19. The minimum atomic E-state index is -1.14. The minimum absolute atomic E-state index is 0.0760. The van der Waals surface area contributed by atoms with Gasteiger partial charge in [0, 0.05) is 13.0 Å². The number of aromatic hydroxyl groups is 1. The van der Waals surface area contributed by atoms with Crippen LogP contribution in [-0.4, -0.2) is 70.0 Å². The van der Waals surface area contributed by atoms with E-state index in [0.717, 1.165) is 0 Å². The summed E-state index contributed by atoms with van der Waals surface area (Å²) in [4.78, 5) is 50.7. The van der Waals surface area contributed by atoms with Crippen molar-refractivity contribution < 1.29 is 29.4 Å². The van der Waals surface area contributed by atoms with E-state index in [-0.39, 0.29) is 24.6 Å². The molecule has 0 aromatic heterocycles. The fourth-order valence-corrected chi connectivity index (χ4v) is 3.59. The molecule has 2 rings (SSSR count). The summed E-state index contributed by atoms with van der Waals surface area (Å²) in [5, 5.41) is 23.9. The predicted molar refractivity (Wildman–Crippen MR) is 112 cm³/mol. The number of amides is 3. The van der Waals surface area contributed by atoms with Crippen LogP contribution >= 0.6 is 0 Å². The maximum atomic E-state index is 13.3. The summed E-state index contributed by atoms with van der Waals surface area (Å²) < 4.78 is 0. The largest absolute Gasteiger partial charge is 0.508 e. The van der Waals surface area contributed by atoms with Crippen molar-refractivity contribution in [1.82, 2.24) is 15.5 Å². The second kappa shape index (κ2) is 10.8. The van der Waals surface area contributed by atoms with Gasteiger partial charge in [0.25, 0.3) is 0 Å². The predicted octanol–water partition coefficient (Wildman–Crippen LogP) is -0.405. The molecule has 0 radical (unpaired) electrons. The van der Waals surface area contributed by atoms with E-state index >= 15 is 0 Å². The summed E-state index contributed by atoms with van der Waals surface area (Å²) >= 11 is 0. The molecule has 0 saturated carbocycles. The molecule has 10 nitrogen and oxygen atoms in total. The lowest BCUT2D eigenvalue weighted by Crippen LogP contribution is -2.56. The number of rotatable bonds is 9. The molecule has 0 bridgehead atoms. The molecule has 31 heavy (non-hydrogen) atoms. The second-order valence-electron chi connectivity index (χ2n) is 7.95. The number of phenols is 1. The van der Waals surface area contributed by atoms with Crippen molar-refractivity contribution >= 4 is 23.7 Å². The van der Waals surface area contributed by atoms with Crippen LogP contribution in [0, 0.1) is 5.92 Å². The van der Waals surface area contributed by atoms with E-state index in [1.165, 1.54) is 17.0 Å². The highest BCUT2D eigenvalue weighted by molar-refractivity contribution is 5.94. The normalized spacial score (nSPS) is 17.8. The summed E-state index contributed by atoms with van der Waals surface area (Å²) in [6.07, 6.45) is 1.14. The molecule has 0 spiro atoms. The number of carboxylic acid groups (broad SMARTS) is 1. The van der Waals surface area contributed by atoms with Crippen LogP contribution in [0.5, 0.6) is 5.75 Å². The average molecular weight is 434 g/mol. The number of nitrogens with two attached hydrogens (primary N) is 1. The van der Waals surface area contributed by atoms with E-state index in [1.54, 1.807) is 26.0 Å². The number of carbonyl (C=O) groups excluding carboxylic acids is 3. The molecule has 170 valence electrons. The van der Waals surface area contributed by atoms with E-state index in [2.05, 4.69) is 10.6 Å². The average Bonchev–Trinajstić information content (AvgIpc) is 3.21. The van der Waals surface area contributed by atoms with E-state index in [9.17, 15) is 29.4 Å². The summed E-state index contributed by atoms with van der Waals surface area (Å²) in [6.45, 7) is 3.40. The molecule has 6 N–H and O–H groups in total. The number of hydrogen-bond acceptors (Lipinski definition) is 6. The lowest BCUT2D eigenvalue weighted by molar-refractivity contribution is -0.145. The Hall–Kier alpha value is -3.14. The first-order valence-corrected chi connectivity index (χ1v) is 10.2. The van der Waals surface area contributed by atoms with Gasteiger partial charge in [-0.25, -0.2) is 4.79 Å². The molecular formula is C21H30N4O6. The van der Waals surface area contributed by atoms with Crippen LogP contribution in [0.3, 0.4) is 0 Å². The standard InChI is InChI=1S/C21H30N4O6/c1-12(2)18(21(30)31)24-19(28)16-4-3-9-25(16)20(29)15(23-17(27)11-22)10-13-5-7-14(26)8-6-13/h5-8,12,15-16,18,26H,3-4,9-11,22H2,1-2H3,(H,23,27)(H,24,28)(H,30,31). The number of hydrogen-bond donors (Lipinski definition) is 5. The number of carbonyl (C=O) groups is 4. The Morgan fingerprint density at radius 3 is 2.35 bits per heavy atom. The number of carboxylic acids is 1. The van der Waals surface area contributed by atoms with Gasteiger partial charge in [0.1, 0.15) is 23.9 Å². The highest BCUT2D eigenvalue weighted by Gasteiger charge is 2.39. The molecule has 1 aliphatic heterocycles. The van der Waals surface area contributed by atoms with Gasteiger partial charge in [-0.2, -0.15) is 0 Å². The zero-order valence-corrected chi connectivity index (χ0v) is 17.7. The molecule has 3 atom stereocenters. The zero-order valence-electron chi connectivity index (χ0n) is 17.7. The Morgan fingerprint density at radius 1 is 1.16 bits per heavy atom. The van der Waals surface area contributed by atoms with Crippen molar-refractivity contribution in [3.63, 3.8) is 0 Å². The highest BCUT2D eigenvalue weighted by Crippen LogP contribution is 2.21. The van der Waals surface area contributed by atoms with Crippen molar-refractivity contribution in [2.45, 2.75) is 51.2 Å². The zero-order chi connectivity index (χ0) is 23.1. The Labute approximate surface area is 180 Å². The molecule has 1 aromatic carbocycles. The van der Waals surface area contributed by atoms with Gasteiger partial charge in [0.15, 0.2) is 0 Å². The molecule has 1 heterocycles. The number of benzene rings is 1. The van der Waals surface area contributed by atoms with Crippen LogP contribution in [-0.2, 0) is 25.6 Å². The summed E-state index contributed by atoms with van der Waals surface area (Å²) in [5.74, 6) is -2.86. The Bertz CT molecular complexity index is 811. The number of nitrogens with one attached hydrogen (secondary N) is 2. The maximum absolute atomic E-state index is 13.3. The first kappa shape index (κ1) is 24.1. The number of phenolic OH excluding ortho intramolecular Hbond substituents is 1. The SMILES string of the molecule is CC(C)C(NC(=O)C1CCCN1C(=O)C(Cc1ccc(O)cc1)NC(=O)CN)C(=O)O. The van der Waals surface area contributed by atoms with E-state index in [1.807, 2.05) is 0 Å². The Morgan fingerprint density at radius 2 is 1.81 bits per heavy atom. The molecule has 1 aromatic rings. The Kier molecular flexibility index (Phi) is 8.38. The molecule has 1 fully saturated rings. The number of likely N-dealkylation sites (tertiary alicyclic amines) is 1. The van der Waals surface area contributed by atoms with Crippen LogP contribution in [0.25, 0.3) is 0 Å². The van der Waals surface area contributed by atoms with Crippen LogP contribution < -0.4 is 16.4 Å². The molecule has 1 saturated heterocycles. The molecule has 3 unspecified atom stereocenters. The highest BCUT2D eigenvalue weighted by atomic mass is 16.4. The van der Waals surface area contributed by atoms with Crippen molar-refractivity contribution in [3.8, 4) is 5.75 Å². The van der Waals surface area contributed by atoms with Crippen molar-refractivity contribution in [2.75, 3.05) is 13.1 Å². The fourth-order valence-electron chi connectivity index (χ4n) is 3.59. The summed E-state index contributed by atoms with van der Waals surface area (Å²) in [6, 6.07) is 3.41. The first-order chi connectivity index (χ1) is 14.6. The van der Waals surface area contributed by atoms with Gasteiger partial charge in [-0.1, -0.05) is 26.0 Å². The lowest BCUT2D eigenvalue weighted by atomic mass is 10.0. The molecule has 1 aliphatic rings. The topological polar surface area (TPSA) is 162 Å². The maximum Gasteiger partial charge on any atom is 0.326 e. The van der Waals surface area contributed by atoms with Gasteiger partial charge in [-0.05, 0) is 36.5 Å². The van der Waals surface area contributed by atoms with Gasteiger partial charge >= 0.3 is 5.97 Å². The lowest BCUT2D eigenvalue weighted by Gasteiger charge is -2.30. The van der Waals surface area contributed by atoms with E-state index in [4.69, 9.17) is 5.73 Å². The third-order valence-electron chi connectivity index (χ3n) is 5.26. The van der Waals surface area contributed by atoms with Crippen LogP contribution in [0.2, 0.25) is 0 Å². The minimum Gasteiger partial charge on any atom is -0.508 e. The van der Waals surface area contributed by atoms with Gasteiger partial charge in [-0.3, -0.25) is 14.4 Å². The van der Waals surface area contributed by atoms with Crippen LogP contribution in [0.4, 0.5) is 0 Å². The summed E-state index contributed by atoms with van der Waals surface area (Å²) in [5.41, 5.74) is 6.09. The summed E-state index contributed by atoms with van der Waals surface area (Å²) in [7, 11) is 0. The molecule has 10 heteroatoms. The number of aliphatic carboxylic acids is 1. The quantitative estimate of drug-likeness (QED) is 0.353. The van der Waals surface area contributed by atoms with E-state index in [0.29, 0.717) is 24.9 Å². The van der Waals surface area contributed by atoms with Crippen LogP contribution in [0.1, 0.15) is 32.3 Å². The third-order valence-corrected chi connectivity index (χ3v) is 5.26. The molecule has 0 aliphatic carbocycles.